The van der Waals surface area contributed by atoms with E-state index in [1.807, 2.05) is 6.07 Å². The highest BCUT2D eigenvalue weighted by atomic mass is 32.2. The Morgan fingerprint density at radius 1 is 1.40 bits per heavy atom. The van der Waals surface area contributed by atoms with Crippen LogP contribution in [0.15, 0.2) is 23.1 Å². The zero-order valence-corrected chi connectivity index (χ0v) is 11.8. The van der Waals surface area contributed by atoms with Crippen LogP contribution in [0.25, 0.3) is 0 Å². The van der Waals surface area contributed by atoms with Gasteiger partial charge in [0.25, 0.3) is 5.69 Å². The van der Waals surface area contributed by atoms with Crippen molar-refractivity contribution in [2.24, 2.45) is 0 Å². The predicted octanol–water partition coefficient (Wildman–Crippen LogP) is 1.88. The van der Waals surface area contributed by atoms with Crippen molar-refractivity contribution >= 4 is 15.7 Å². The van der Waals surface area contributed by atoms with Gasteiger partial charge in [0.2, 0.25) is 10.0 Å². The molecule has 0 heterocycles. The molecule has 0 spiro atoms. The molecule has 0 aliphatic rings. The quantitative estimate of drug-likeness (QED) is 0.469. The number of rotatable bonds is 7. The van der Waals surface area contributed by atoms with Gasteiger partial charge in [-0.05, 0) is 25.3 Å². The second-order valence-electron chi connectivity index (χ2n) is 4.22. The van der Waals surface area contributed by atoms with Crippen molar-refractivity contribution < 1.29 is 13.3 Å². The summed E-state index contributed by atoms with van der Waals surface area (Å²) in [5.74, 6) is 0. The number of benzene rings is 1. The lowest BCUT2D eigenvalue weighted by atomic mass is 10.2. The molecule has 0 saturated heterocycles. The molecule has 0 radical (unpaired) electrons. The lowest BCUT2D eigenvalue weighted by Crippen LogP contribution is -2.25. The molecule has 7 nitrogen and oxygen atoms in total. The van der Waals surface area contributed by atoms with Gasteiger partial charge in [-0.1, -0.05) is 6.07 Å². The molecule has 1 aromatic carbocycles. The summed E-state index contributed by atoms with van der Waals surface area (Å²) in [6.45, 7) is 1.78. The van der Waals surface area contributed by atoms with Crippen molar-refractivity contribution in [2.45, 2.75) is 31.1 Å². The zero-order valence-electron chi connectivity index (χ0n) is 11.0. The first-order valence-electron chi connectivity index (χ1n) is 6.00. The Kier molecular flexibility index (Phi) is 5.61. The molecule has 1 N–H and O–H groups in total. The topological polar surface area (TPSA) is 113 Å². The van der Waals surface area contributed by atoms with Crippen LogP contribution in [0.4, 0.5) is 5.69 Å². The molecule has 0 aliphatic carbocycles. The van der Waals surface area contributed by atoms with Gasteiger partial charge in [-0.25, -0.2) is 13.1 Å². The van der Waals surface area contributed by atoms with Crippen LogP contribution in [0, 0.1) is 28.4 Å². The van der Waals surface area contributed by atoms with Crippen LogP contribution in [-0.2, 0) is 10.0 Å². The second-order valence-corrected chi connectivity index (χ2v) is 5.96. The number of aryl methyl sites for hydroxylation is 1. The SMILES string of the molecule is Cc1ccc([N+](=O)[O-])cc1S(=O)(=O)NCCCCC#N. The van der Waals surface area contributed by atoms with Crippen molar-refractivity contribution in [3.63, 3.8) is 0 Å². The summed E-state index contributed by atoms with van der Waals surface area (Å²) in [4.78, 5) is 9.96. The Bertz CT molecular complexity index is 635. The summed E-state index contributed by atoms with van der Waals surface area (Å²) in [7, 11) is -3.77. The Hall–Kier alpha value is -1.98. The molecule has 0 saturated carbocycles. The maximum absolute atomic E-state index is 12.1. The third kappa shape index (κ3) is 4.29. The monoisotopic (exact) mass is 297 g/mol. The minimum absolute atomic E-state index is 0.0908. The summed E-state index contributed by atoms with van der Waals surface area (Å²) >= 11 is 0. The van der Waals surface area contributed by atoms with Crippen LogP contribution in [-0.4, -0.2) is 19.9 Å². The van der Waals surface area contributed by atoms with Crippen molar-refractivity contribution in [1.82, 2.24) is 4.72 Å². The van der Waals surface area contributed by atoms with E-state index in [4.69, 9.17) is 5.26 Å². The van der Waals surface area contributed by atoms with Crippen LogP contribution in [0.1, 0.15) is 24.8 Å². The largest absolute Gasteiger partial charge is 0.270 e. The van der Waals surface area contributed by atoms with Gasteiger partial charge < -0.3 is 0 Å². The molecule has 1 rings (SSSR count). The normalized spacial score (nSPS) is 11.0. The first kappa shape index (κ1) is 16.1. The van der Waals surface area contributed by atoms with Gasteiger partial charge in [-0.2, -0.15) is 5.26 Å². The van der Waals surface area contributed by atoms with E-state index in [1.165, 1.54) is 12.1 Å². The van der Waals surface area contributed by atoms with E-state index < -0.39 is 14.9 Å². The number of hydrogen-bond acceptors (Lipinski definition) is 5. The number of non-ortho nitro benzene ring substituents is 1. The summed E-state index contributed by atoms with van der Waals surface area (Å²) in [6.07, 6.45) is 1.52. The van der Waals surface area contributed by atoms with Crippen molar-refractivity contribution in [2.75, 3.05) is 6.54 Å². The fourth-order valence-electron chi connectivity index (χ4n) is 1.61. The van der Waals surface area contributed by atoms with E-state index in [-0.39, 0.29) is 17.1 Å². The summed E-state index contributed by atoms with van der Waals surface area (Å²) in [5.41, 5.74) is 0.181. The molecule has 0 atom stereocenters. The Morgan fingerprint density at radius 3 is 2.70 bits per heavy atom. The van der Waals surface area contributed by atoms with Crippen LogP contribution in [0.3, 0.4) is 0 Å². The van der Waals surface area contributed by atoms with Gasteiger partial charge in [-0.15, -0.1) is 0 Å². The van der Waals surface area contributed by atoms with E-state index in [0.29, 0.717) is 24.8 Å². The van der Waals surface area contributed by atoms with Crippen LogP contribution in [0.2, 0.25) is 0 Å². The van der Waals surface area contributed by atoms with E-state index in [0.717, 1.165) is 6.07 Å². The molecule has 8 heteroatoms. The first-order valence-corrected chi connectivity index (χ1v) is 7.48. The fourth-order valence-corrected chi connectivity index (χ4v) is 2.94. The lowest BCUT2D eigenvalue weighted by Gasteiger charge is -2.08. The molecule has 0 aliphatic heterocycles. The zero-order chi connectivity index (χ0) is 15.2. The maximum Gasteiger partial charge on any atom is 0.270 e. The summed E-state index contributed by atoms with van der Waals surface area (Å²) in [5, 5.41) is 19.1. The summed E-state index contributed by atoms with van der Waals surface area (Å²) < 4.78 is 26.5. The smallest absolute Gasteiger partial charge is 0.258 e. The van der Waals surface area contributed by atoms with E-state index in [1.54, 1.807) is 6.92 Å². The number of hydrogen-bond donors (Lipinski definition) is 1. The molecular formula is C12H15N3O4S. The summed E-state index contributed by atoms with van der Waals surface area (Å²) in [6, 6.07) is 5.69. The maximum atomic E-state index is 12.1. The second kappa shape index (κ2) is 6.98. The number of unbranched alkanes of at least 4 members (excludes halogenated alkanes) is 2. The number of sulfonamides is 1. The molecule has 1 aromatic rings. The van der Waals surface area contributed by atoms with Gasteiger partial charge in [0.15, 0.2) is 0 Å². The molecular weight excluding hydrogens is 282 g/mol. The van der Waals surface area contributed by atoms with Crippen LogP contribution < -0.4 is 4.72 Å². The predicted molar refractivity (Wildman–Crippen MR) is 72.5 cm³/mol. The van der Waals surface area contributed by atoms with Crippen molar-refractivity contribution in [3.8, 4) is 6.07 Å². The molecule has 0 amide bonds. The number of nitriles is 1. The van der Waals surface area contributed by atoms with Crippen LogP contribution >= 0.6 is 0 Å². The van der Waals surface area contributed by atoms with Gasteiger partial charge >= 0.3 is 0 Å². The number of nitro benzene ring substituents is 1. The number of nitrogens with one attached hydrogen (secondary N) is 1. The number of nitrogens with zero attached hydrogens (tertiary/aromatic N) is 2. The van der Waals surface area contributed by atoms with E-state index in [9.17, 15) is 18.5 Å². The highest BCUT2D eigenvalue weighted by molar-refractivity contribution is 7.89. The Balaban J connectivity index is 2.84. The third-order valence-electron chi connectivity index (χ3n) is 2.68. The van der Waals surface area contributed by atoms with Gasteiger partial charge in [0.05, 0.1) is 15.9 Å². The Labute approximate surface area is 117 Å². The van der Waals surface area contributed by atoms with E-state index in [2.05, 4.69) is 4.72 Å². The average molecular weight is 297 g/mol. The fraction of sp³-hybridized carbons (Fsp3) is 0.417. The minimum Gasteiger partial charge on any atom is -0.258 e. The molecule has 0 aromatic heterocycles. The van der Waals surface area contributed by atoms with Gasteiger partial charge in [-0.3, -0.25) is 10.1 Å². The highest BCUT2D eigenvalue weighted by Crippen LogP contribution is 2.21. The third-order valence-corrected chi connectivity index (χ3v) is 4.28. The minimum atomic E-state index is -3.77. The first-order chi connectivity index (χ1) is 9.38. The molecule has 0 unspecified atom stereocenters. The number of nitro groups is 1. The van der Waals surface area contributed by atoms with Gasteiger partial charge in [0.1, 0.15) is 0 Å². The van der Waals surface area contributed by atoms with Crippen molar-refractivity contribution in [3.05, 3.63) is 33.9 Å². The van der Waals surface area contributed by atoms with Gasteiger partial charge in [0, 0.05) is 25.1 Å². The average Bonchev–Trinajstić information content (AvgIpc) is 2.38. The van der Waals surface area contributed by atoms with Crippen molar-refractivity contribution in [1.29, 1.82) is 5.26 Å². The molecule has 0 bridgehead atoms. The standard InChI is InChI=1S/C12H15N3O4S/c1-10-5-6-11(15(16)17)9-12(10)20(18,19)14-8-4-2-3-7-13/h5-6,9,14H,2-4,8H2,1H3. The molecule has 108 valence electrons. The molecule has 20 heavy (non-hydrogen) atoms. The van der Waals surface area contributed by atoms with E-state index >= 15 is 0 Å². The Morgan fingerprint density at radius 2 is 2.10 bits per heavy atom. The van der Waals surface area contributed by atoms with Crippen LogP contribution in [0.5, 0.6) is 0 Å². The highest BCUT2D eigenvalue weighted by Gasteiger charge is 2.19. The lowest BCUT2D eigenvalue weighted by molar-refractivity contribution is -0.385. The molecule has 0 fully saturated rings.